The number of thioether (sulfide) groups is 1. The number of rotatable bonds is 6. The molecular weight excluding hydrogens is 248 g/mol. The summed E-state index contributed by atoms with van der Waals surface area (Å²) in [6.45, 7) is 3.62. The van der Waals surface area contributed by atoms with Crippen molar-refractivity contribution in [3.05, 3.63) is 29.8 Å². The number of carbonyl (C=O) groups is 1. The monoisotopic (exact) mass is 268 g/mol. The molecule has 18 heavy (non-hydrogen) atoms. The summed E-state index contributed by atoms with van der Waals surface area (Å²) >= 11 is 1.72. The first-order chi connectivity index (χ1) is 8.67. The quantitative estimate of drug-likeness (QED) is 0.806. The first-order valence-electron chi connectivity index (χ1n) is 5.92. The van der Waals surface area contributed by atoms with Crippen LogP contribution in [-0.2, 0) is 11.3 Å². The van der Waals surface area contributed by atoms with Crippen LogP contribution in [0.1, 0.15) is 12.5 Å². The number of nitrogens with two attached hydrogens (primary N) is 1. The van der Waals surface area contributed by atoms with Crippen LogP contribution in [0.25, 0.3) is 0 Å². The lowest BCUT2D eigenvalue weighted by atomic mass is 10.2. The molecule has 0 bridgehead atoms. The van der Waals surface area contributed by atoms with E-state index in [4.69, 9.17) is 10.5 Å². The molecule has 100 valence electrons. The van der Waals surface area contributed by atoms with Gasteiger partial charge in [0.1, 0.15) is 6.61 Å². The molecule has 2 N–H and O–H groups in total. The fraction of sp³-hybridized carbons (Fsp3) is 0.462. The summed E-state index contributed by atoms with van der Waals surface area (Å²) in [6.07, 6.45) is 1.76. The number of hydrogen-bond acceptors (Lipinski definition) is 4. The molecule has 0 unspecified atom stereocenters. The molecule has 0 aliphatic rings. The maximum atomic E-state index is 11.8. The molecule has 0 radical (unpaired) electrons. The lowest BCUT2D eigenvalue weighted by Crippen LogP contribution is -2.33. The van der Waals surface area contributed by atoms with Crippen molar-refractivity contribution in [2.75, 3.05) is 30.8 Å². The molecule has 1 amide bonds. The number of amides is 1. The Morgan fingerprint density at radius 1 is 1.39 bits per heavy atom. The minimum atomic E-state index is -0.261. The van der Waals surface area contributed by atoms with Gasteiger partial charge >= 0.3 is 6.09 Å². The molecule has 1 aromatic rings. The number of benzene rings is 1. The first kappa shape index (κ1) is 14.7. The van der Waals surface area contributed by atoms with E-state index in [1.807, 2.05) is 25.3 Å². The topological polar surface area (TPSA) is 55.6 Å². The zero-order chi connectivity index (χ0) is 13.4. The van der Waals surface area contributed by atoms with E-state index >= 15 is 0 Å². The van der Waals surface area contributed by atoms with Crippen molar-refractivity contribution in [3.63, 3.8) is 0 Å². The summed E-state index contributed by atoms with van der Waals surface area (Å²) in [5.74, 6) is 0.921. The standard InChI is InChI=1S/C13H20N2O2S/c1-3-15(8-9-18-2)13(16)17-10-11-4-6-12(14)7-5-11/h4-7H,3,8-10,14H2,1-2H3. The van der Waals surface area contributed by atoms with Gasteiger partial charge in [-0.1, -0.05) is 12.1 Å². The van der Waals surface area contributed by atoms with Crippen LogP contribution >= 0.6 is 11.8 Å². The molecule has 1 rings (SSSR count). The van der Waals surface area contributed by atoms with Crippen molar-refractivity contribution >= 4 is 23.5 Å². The number of nitrogens with zero attached hydrogens (tertiary/aromatic N) is 1. The van der Waals surface area contributed by atoms with Crippen molar-refractivity contribution < 1.29 is 9.53 Å². The highest BCUT2D eigenvalue weighted by molar-refractivity contribution is 7.98. The summed E-state index contributed by atoms with van der Waals surface area (Å²) in [4.78, 5) is 13.5. The smallest absolute Gasteiger partial charge is 0.410 e. The van der Waals surface area contributed by atoms with Gasteiger partial charge in [0.05, 0.1) is 0 Å². The van der Waals surface area contributed by atoms with E-state index in [9.17, 15) is 4.79 Å². The number of anilines is 1. The first-order valence-corrected chi connectivity index (χ1v) is 7.31. The van der Waals surface area contributed by atoms with Gasteiger partial charge in [-0.2, -0.15) is 11.8 Å². The molecule has 0 aliphatic carbocycles. The Kier molecular flexibility index (Phi) is 6.43. The molecule has 0 saturated heterocycles. The Labute approximate surface area is 112 Å². The third kappa shape index (κ3) is 4.87. The van der Waals surface area contributed by atoms with Gasteiger partial charge < -0.3 is 15.4 Å². The Morgan fingerprint density at radius 2 is 2.06 bits per heavy atom. The van der Waals surface area contributed by atoms with Crippen LogP contribution in [0.2, 0.25) is 0 Å². The van der Waals surface area contributed by atoms with E-state index in [1.54, 1.807) is 28.8 Å². The molecule has 0 aromatic heterocycles. The maximum absolute atomic E-state index is 11.8. The van der Waals surface area contributed by atoms with Gasteiger partial charge in [0.2, 0.25) is 0 Å². The number of ether oxygens (including phenoxy) is 1. The van der Waals surface area contributed by atoms with Crippen molar-refractivity contribution in [2.24, 2.45) is 0 Å². The molecule has 0 spiro atoms. The Morgan fingerprint density at radius 3 is 2.61 bits per heavy atom. The summed E-state index contributed by atoms with van der Waals surface area (Å²) < 4.78 is 5.25. The normalized spacial score (nSPS) is 10.1. The zero-order valence-electron chi connectivity index (χ0n) is 10.9. The van der Waals surface area contributed by atoms with Gasteiger partial charge in [-0.25, -0.2) is 4.79 Å². The summed E-state index contributed by atoms with van der Waals surface area (Å²) in [5, 5.41) is 0. The predicted molar refractivity (Wildman–Crippen MR) is 76.7 cm³/mol. The van der Waals surface area contributed by atoms with Crippen LogP contribution < -0.4 is 5.73 Å². The van der Waals surface area contributed by atoms with Crippen LogP contribution in [0, 0.1) is 0 Å². The van der Waals surface area contributed by atoms with E-state index in [1.165, 1.54) is 0 Å². The van der Waals surface area contributed by atoms with E-state index in [2.05, 4.69) is 0 Å². The molecule has 4 nitrogen and oxygen atoms in total. The van der Waals surface area contributed by atoms with E-state index < -0.39 is 0 Å². The van der Waals surface area contributed by atoms with Gasteiger partial charge in [-0.15, -0.1) is 0 Å². The van der Waals surface area contributed by atoms with Gasteiger partial charge in [0.25, 0.3) is 0 Å². The Hall–Kier alpha value is -1.36. The molecular formula is C13H20N2O2S. The molecule has 0 fully saturated rings. The van der Waals surface area contributed by atoms with Crippen LogP contribution in [0.5, 0.6) is 0 Å². The third-order valence-corrected chi connectivity index (χ3v) is 3.14. The van der Waals surface area contributed by atoms with Crippen molar-refractivity contribution in [2.45, 2.75) is 13.5 Å². The molecule has 1 aromatic carbocycles. The van der Waals surface area contributed by atoms with Crippen LogP contribution in [0.4, 0.5) is 10.5 Å². The average Bonchev–Trinajstić information content (AvgIpc) is 2.39. The second kappa shape index (κ2) is 7.87. The third-order valence-electron chi connectivity index (χ3n) is 2.55. The lowest BCUT2D eigenvalue weighted by Gasteiger charge is -2.19. The van der Waals surface area contributed by atoms with Crippen LogP contribution in [0.15, 0.2) is 24.3 Å². The fourth-order valence-electron chi connectivity index (χ4n) is 1.43. The largest absolute Gasteiger partial charge is 0.445 e. The van der Waals surface area contributed by atoms with Gasteiger partial charge in [0.15, 0.2) is 0 Å². The molecule has 5 heteroatoms. The Bertz CT molecular complexity index is 368. The Balaban J connectivity index is 2.41. The zero-order valence-corrected chi connectivity index (χ0v) is 11.7. The number of nitrogen functional groups attached to an aromatic ring is 1. The van der Waals surface area contributed by atoms with Gasteiger partial charge in [-0.3, -0.25) is 0 Å². The lowest BCUT2D eigenvalue weighted by molar-refractivity contribution is 0.100. The molecule has 0 saturated carbocycles. The van der Waals surface area contributed by atoms with E-state index in [0.717, 1.165) is 17.9 Å². The fourth-order valence-corrected chi connectivity index (χ4v) is 1.83. The summed E-state index contributed by atoms with van der Waals surface area (Å²) in [7, 11) is 0. The summed E-state index contributed by atoms with van der Waals surface area (Å²) in [6, 6.07) is 7.32. The highest BCUT2D eigenvalue weighted by atomic mass is 32.2. The number of carbonyl (C=O) groups excluding carboxylic acids is 1. The molecule has 0 heterocycles. The maximum Gasteiger partial charge on any atom is 0.410 e. The van der Waals surface area contributed by atoms with E-state index in [0.29, 0.717) is 12.2 Å². The number of hydrogen-bond donors (Lipinski definition) is 1. The van der Waals surface area contributed by atoms with Crippen molar-refractivity contribution in [3.8, 4) is 0 Å². The second-order valence-electron chi connectivity index (χ2n) is 3.87. The van der Waals surface area contributed by atoms with Crippen LogP contribution in [0.3, 0.4) is 0 Å². The molecule has 0 aliphatic heterocycles. The van der Waals surface area contributed by atoms with Crippen molar-refractivity contribution in [1.29, 1.82) is 0 Å². The average molecular weight is 268 g/mol. The predicted octanol–water partition coefficient (Wildman–Crippen LogP) is 2.59. The minimum Gasteiger partial charge on any atom is -0.445 e. The molecule has 0 atom stereocenters. The van der Waals surface area contributed by atoms with Gasteiger partial charge in [-0.05, 0) is 30.9 Å². The van der Waals surface area contributed by atoms with E-state index in [-0.39, 0.29) is 12.7 Å². The van der Waals surface area contributed by atoms with Gasteiger partial charge in [0, 0.05) is 24.5 Å². The minimum absolute atomic E-state index is 0.261. The summed E-state index contributed by atoms with van der Waals surface area (Å²) in [5.41, 5.74) is 7.24. The second-order valence-corrected chi connectivity index (χ2v) is 4.85. The highest BCUT2D eigenvalue weighted by Gasteiger charge is 2.12. The highest BCUT2D eigenvalue weighted by Crippen LogP contribution is 2.08. The SMILES string of the molecule is CCN(CCSC)C(=O)OCc1ccc(N)cc1. The van der Waals surface area contributed by atoms with Crippen molar-refractivity contribution in [1.82, 2.24) is 4.90 Å². The van der Waals surface area contributed by atoms with Crippen LogP contribution in [-0.4, -0.2) is 36.1 Å².